The number of anilines is 2. The molecule has 0 fully saturated rings. The Kier molecular flexibility index (Phi) is 6.57. The highest BCUT2D eigenvalue weighted by molar-refractivity contribution is 7.19. The first-order valence-electron chi connectivity index (χ1n) is 12.4. The Hall–Kier alpha value is -4.15. The van der Waals surface area contributed by atoms with Crippen molar-refractivity contribution in [3.05, 3.63) is 89.0 Å². The van der Waals surface area contributed by atoms with Crippen LogP contribution in [0.1, 0.15) is 16.0 Å². The summed E-state index contributed by atoms with van der Waals surface area (Å²) in [5, 5.41) is 13.0. The van der Waals surface area contributed by atoms with E-state index in [2.05, 4.69) is 25.7 Å². The van der Waals surface area contributed by atoms with E-state index in [1.807, 2.05) is 53.2 Å². The van der Waals surface area contributed by atoms with Crippen LogP contribution in [-0.4, -0.2) is 50.7 Å². The summed E-state index contributed by atoms with van der Waals surface area (Å²) in [4.78, 5) is 25.6. The summed E-state index contributed by atoms with van der Waals surface area (Å²) in [5.74, 6) is 0.532. The van der Waals surface area contributed by atoms with Crippen molar-refractivity contribution in [2.75, 3.05) is 25.5 Å². The number of benzene rings is 2. The van der Waals surface area contributed by atoms with Crippen LogP contribution in [0.2, 0.25) is 0 Å². The minimum Gasteiger partial charge on any atom is -0.340 e. The van der Waals surface area contributed by atoms with Crippen LogP contribution in [0.5, 0.6) is 0 Å². The zero-order valence-corrected chi connectivity index (χ0v) is 21.6. The second-order valence-electron chi connectivity index (χ2n) is 9.21. The summed E-state index contributed by atoms with van der Waals surface area (Å²) >= 11 is 1.62. The molecule has 0 atom stereocenters. The maximum absolute atomic E-state index is 13.6. The quantitative estimate of drug-likeness (QED) is 0.300. The van der Waals surface area contributed by atoms with Gasteiger partial charge in [0, 0.05) is 35.1 Å². The van der Waals surface area contributed by atoms with Crippen LogP contribution in [0.15, 0.2) is 67.1 Å². The zero-order chi connectivity index (χ0) is 26.1. The average molecular weight is 528 g/mol. The maximum Gasteiger partial charge on any atom is 0.246 e. The number of likely N-dealkylation sites (N-methyl/N-ethyl adjacent to an activating group) is 1. The molecule has 1 aliphatic heterocycles. The third-order valence-corrected chi connectivity index (χ3v) is 7.78. The lowest BCUT2D eigenvalue weighted by Crippen LogP contribution is -2.34. The molecule has 2 N–H and O–H groups in total. The lowest BCUT2D eigenvalue weighted by molar-refractivity contribution is -0.126. The molecule has 1 aliphatic rings. The Bertz CT molecular complexity index is 1670. The van der Waals surface area contributed by atoms with Crippen LogP contribution >= 0.6 is 11.3 Å². The smallest absolute Gasteiger partial charge is 0.246 e. The second-order valence-corrected chi connectivity index (χ2v) is 10.3. The lowest BCUT2D eigenvalue weighted by atomic mass is 10.0. The number of rotatable bonds is 7. The Morgan fingerprint density at radius 3 is 3.00 bits per heavy atom. The number of carbonyl (C=O) groups is 1. The fourth-order valence-electron chi connectivity index (χ4n) is 4.83. The van der Waals surface area contributed by atoms with Gasteiger partial charge in [0.15, 0.2) is 0 Å². The molecule has 192 valence electrons. The van der Waals surface area contributed by atoms with E-state index in [0.717, 1.165) is 49.5 Å². The fourth-order valence-corrected chi connectivity index (χ4v) is 6.03. The molecule has 5 aromatic rings. The van der Waals surface area contributed by atoms with Gasteiger partial charge in [-0.15, -0.1) is 11.3 Å². The largest absolute Gasteiger partial charge is 0.340 e. The third kappa shape index (κ3) is 4.75. The lowest BCUT2D eigenvalue weighted by Gasteiger charge is -2.26. The van der Waals surface area contributed by atoms with Crippen molar-refractivity contribution in [2.24, 2.45) is 0 Å². The van der Waals surface area contributed by atoms with Crippen molar-refractivity contribution in [3.8, 4) is 0 Å². The van der Waals surface area contributed by atoms with Crippen LogP contribution < -0.4 is 10.6 Å². The summed E-state index contributed by atoms with van der Waals surface area (Å²) < 4.78 is 15.5. The number of amides is 1. The molecule has 2 aromatic carbocycles. The van der Waals surface area contributed by atoms with E-state index < -0.39 is 0 Å². The Balaban J connectivity index is 1.24. The first-order chi connectivity index (χ1) is 18.6. The number of thiophene rings is 1. The number of fused-ring (bicyclic) bond motifs is 4. The van der Waals surface area contributed by atoms with Gasteiger partial charge < -0.3 is 15.5 Å². The van der Waals surface area contributed by atoms with Crippen molar-refractivity contribution in [3.63, 3.8) is 0 Å². The topological polar surface area (TPSA) is 88.0 Å². The first-order valence-corrected chi connectivity index (χ1v) is 13.2. The van der Waals surface area contributed by atoms with Crippen LogP contribution in [0.4, 0.5) is 15.9 Å². The predicted octanol–water partition coefficient (Wildman–Crippen LogP) is 4.63. The monoisotopic (exact) mass is 527 g/mol. The van der Waals surface area contributed by atoms with E-state index in [1.165, 1.54) is 17.7 Å². The highest BCUT2D eigenvalue weighted by Crippen LogP contribution is 2.38. The van der Waals surface area contributed by atoms with Gasteiger partial charge in [0.1, 0.15) is 22.8 Å². The van der Waals surface area contributed by atoms with Crippen LogP contribution in [0.3, 0.4) is 0 Å². The van der Waals surface area contributed by atoms with Gasteiger partial charge in [0.2, 0.25) is 5.91 Å². The Morgan fingerprint density at radius 1 is 1.21 bits per heavy atom. The van der Waals surface area contributed by atoms with E-state index >= 15 is 0 Å². The molecule has 0 aliphatic carbocycles. The Labute approximate surface area is 222 Å². The summed E-state index contributed by atoms with van der Waals surface area (Å²) in [7, 11) is 1.85. The molecule has 0 spiro atoms. The SMILES string of the molecule is CNC/C=C/C(=O)N1CCc2c(sc3ncnc(Nc4ccc5c(cnn5Cc5cccc(F)c5)c4)c23)C1. The average Bonchev–Trinajstić information content (AvgIpc) is 3.49. The molecule has 0 bridgehead atoms. The maximum atomic E-state index is 13.6. The second kappa shape index (κ2) is 10.3. The first kappa shape index (κ1) is 24.2. The molecule has 8 nitrogen and oxygen atoms in total. The van der Waals surface area contributed by atoms with Gasteiger partial charge in [-0.25, -0.2) is 14.4 Å². The molecule has 38 heavy (non-hydrogen) atoms. The molecule has 1 amide bonds. The van der Waals surface area contributed by atoms with Gasteiger partial charge in [0.05, 0.1) is 30.2 Å². The van der Waals surface area contributed by atoms with E-state index in [4.69, 9.17) is 0 Å². The number of hydrogen-bond acceptors (Lipinski definition) is 7. The third-order valence-electron chi connectivity index (χ3n) is 6.66. The summed E-state index contributed by atoms with van der Waals surface area (Å²) in [6.07, 6.45) is 7.63. The summed E-state index contributed by atoms with van der Waals surface area (Å²) in [6.45, 7) is 2.39. The van der Waals surface area contributed by atoms with E-state index in [1.54, 1.807) is 29.8 Å². The molecule has 0 radical (unpaired) electrons. The van der Waals surface area contributed by atoms with Crippen molar-refractivity contribution in [2.45, 2.75) is 19.5 Å². The zero-order valence-electron chi connectivity index (χ0n) is 20.8. The number of hydrogen-bond donors (Lipinski definition) is 2. The van der Waals surface area contributed by atoms with Gasteiger partial charge in [-0.05, 0) is 54.9 Å². The van der Waals surface area contributed by atoms with Gasteiger partial charge in [-0.1, -0.05) is 18.2 Å². The van der Waals surface area contributed by atoms with Gasteiger partial charge >= 0.3 is 0 Å². The van der Waals surface area contributed by atoms with Gasteiger partial charge in [-0.3, -0.25) is 9.48 Å². The number of aromatic nitrogens is 4. The molecule has 0 unspecified atom stereocenters. The summed E-state index contributed by atoms with van der Waals surface area (Å²) in [6, 6.07) is 12.6. The molecule has 3 aromatic heterocycles. The summed E-state index contributed by atoms with van der Waals surface area (Å²) in [5.41, 5.74) is 3.93. The standard InChI is InChI=1S/C28H26FN7OS/c1-30-10-3-6-25(37)35-11-9-22-24(16-35)38-28-26(22)27(31-17-32-28)34-21-7-8-23-19(13-21)14-33-36(23)15-18-4-2-5-20(29)12-18/h2-8,12-14,17,30H,9-11,15-16H2,1H3,(H,31,32,34)/b6-3+. The molecular formula is C28H26FN7OS. The van der Waals surface area contributed by atoms with Crippen molar-refractivity contribution < 1.29 is 9.18 Å². The van der Waals surface area contributed by atoms with E-state index in [9.17, 15) is 9.18 Å². The number of halogens is 1. The predicted molar refractivity (Wildman–Crippen MR) is 148 cm³/mol. The molecule has 0 saturated carbocycles. The van der Waals surface area contributed by atoms with Crippen molar-refractivity contribution in [1.82, 2.24) is 30.0 Å². The normalized spacial score (nSPS) is 13.5. The highest BCUT2D eigenvalue weighted by Gasteiger charge is 2.25. The molecular weight excluding hydrogens is 501 g/mol. The van der Waals surface area contributed by atoms with Gasteiger partial charge in [0.25, 0.3) is 0 Å². The van der Waals surface area contributed by atoms with Crippen LogP contribution in [0.25, 0.3) is 21.1 Å². The van der Waals surface area contributed by atoms with Crippen molar-refractivity contribution in [1.29, 1.82) is 0 Å². The number of carbonyl (C=O) groups excluding carboxylic acids is 1. The van der Waals surface area contributed by atoms with E-state index in [0.29, 0.717) is 26.2 Å². The van der Waals surface area contributed by atoms with E-state index in [-0.39, 0.29) is 11.7 Å². The molecule has 6 rings (SSSR count). The van der Waals surface area contributed by atoms with Crippen LogP contribution in [0, 0.1) is 5.82 Å². The highest BCUT2D eigenvalue weighted by atomic mass is 32.1. The molecule has 4 heterocycles. The molecule has 10 heteroatoms. The number of nitrogens with zero attached hydrogens (tertiary/aromatic N) is 5. The fraction of sp³-hybridized carbons (Fsp3) is 0.214. The molecule has 0 saturated heterocycles. The minimum absolute atomic E-state index is 0.0269. The van der Waals surface area contributed by atoms with Crippen molar-refractivity contribution >= 4 is 49.9 Å². The number of nitrogens with one attached hydrogen (secondary N) is 2. The minimum atomic E-state index is -0.252. The van der Waals surface area contributed by atoms with Crippen LogP contribution in [-0.2, 0) is 24.3 Å². The Morgan fingerprint density at radius 2 is 2.13 bits per heavy atom. The van der Waals surface area contributed by atoms with Gasteiger partial charge in [-0.2, -0.15) is 5.10 Å².